The van der Waals surface area contributed by atoms with Crippen LogP contribution in [0.2, 0.25) is 0 Å². The van der Waals surface area contributed by atoms with Crippen molar-refractivity contribution in [3.8, 4) is 0 Å². The molecule has 10 heteroatoms. The number of carbonyl (C=O) groups excluding carboxylic acids is 3. The van der Waals surface area contributed by atoms with Crippen LogP contribution in [0.15, 0.2) is 41.4 Å². The molecule has 0 spiro atoms. The number of amides is 3. The minimum Gasteiger partial charge on any atom is -0.345 e. The summed E-state index contributed by atoms with van der Waals surface area (Å²) in [7, 11) is -2.00. The molecule has 9 nitrogen and oxygen atoms in total. The number of hydrogen-bond donors (Lipinski definition) is 2. The first kappa shape index (κ1) is 24.2. The third-order valence-corrected chi connectivity index (χ3v) is 8.79. The van der Waals surface area contributed by atoms with Crippen molar-refractivity contribution in [3.63, 3.8) is 0 Å². The highest BCUT2D eigenvalue weighted by molar-refractivity contribution is 7.89. The number of hydrogen-bond acceptors (Lipinski definition) is 5. The predicted molar refractivity (Wildman–Crippen MR) is 127 cm³/mol. The van der Waals surface area contributed by atoms with Crippen LogP contribution >= 0.6 is 0 Å². The molecular formula is C24H30N4O5S. The fraction of sp³-hybridized carbons (Fsp3) is 0.458. The normalized spacial score (nSPS) is 21.8. The Labute approximate surface area is 199 Å². The number of imide groups is 1. The summed E-state index contributed by atoms with van der Waals surface area (Å²) in [4.78, 5) is 37.2. The first-order valence-corrected chi connectivity index (χ1v) is 13.0. The topological polar surface area (TPSA) is 118 Å². The summed E-state index contributed by atoms with van der Waals surface area (Å²) in [5.74, 6) is -0.988. The molecule has 2 aliphatic rings. The lowest BCUT2D eigenvalue weighted by atomic mass is 9.72. The van der Waals surface area contributed by atoms with E-state index in [4.69, 9.17) is 0 Å². The molecule has 2 fully saturated rings. The van der Waals surface area contributed by atoms with Crippen LogP contribution in [0.1, 0.15) is 61.5 Å². The number of benzene rings is 1. The van der Waals surface area contributed by atoms with Gasteiger partial charge in [-0.15, -0.1) is 0 Å². The van der Waals surface area contributed by atoms with Crippen molar-refractivity contribution in [2.24, 2.45) is 7.05 Å². The van der Waals surface area contributed by atoms with E-state index in [1.54, 1.807) is 31.3 Å². The molecule has 1 atom stereocenters. The number of rotatable bonds is 6. The van der Waals surface area contributed by atoms with E-state index in [-0.39, 0.29) is 28.8 Å². The number of nitrogens with zero attached hydrogens (tertiary/aromatic N) is 2. The summed E-state index contributed by atoms with van der Waals surface area (Å²) >= 11 is 0. The van der Waals surface area contributed by atoms with Gasteiger partial charge >= 0.3 is 0 Å². The van der Waals surface area contributed by atoms with Gasteiger partial charge in [0.25, 0.3) is 5.91 Å². The Morgan fingerprint density at radius 3 is 2.41 bits per heavy atom. The Morgan fingerprint density at radius 1 is 1.12 bits per heavy atom. The number of anilines is 1. The van der Waals surface area contributed by atoms with E-state index >= 15 is 0 Å². The van der Waals surface area contributed by atoms with Crippen LogP contribution < -0.4 is 10.6 Å². The van der Waals surface area contributed by atoms with Gasteiger partial charge < -0.3 is 9.88 Å². The summed E-state index contributed by atoms with van der Waals surface area (Å²) in [5.41, 5.74) is 0.766. The van der Waals surface area contributed by atoms with Crippen LogP contribution in [0.4, 0.5) is 5.69 Å². The van der Waals surface area contributed by atoms with Crippen LogP contribution in [0.5, 0.6) is 0 Å². The molecule has 1 unspecified atom stereocenters. The summed E-state index contributed by atoms with van der Waals surface area (Å²) in [5, 5.41) is 5.23. The average Bonchev–Trinajstić information content (AvgIpc) is 3.23. The van der Waals surface area contributed by atoms with Gasteiger partial charge in [-0.05, 0) is 49.4 Å². The molecule has 4 rings (SSSR count). The van der Waals surface area contributed by atoms with Crippen molar-refractivity contribution in [2.45, 2.75) is 55.8 Å². The number of aromatic nitrogens is 1. The second-order valence-electron chi connectivity index (χ2n) is 8.98. The van der Waals surface area contributed by atoms with E-state index in [2.05, 4.69) is 10.6 Å². The standard InChI is InChI=1S/C24H30N4O5S/c1-3-24(12-11-21(29)26-23(24)31)17-7-9-18(10-8-17)25-22(30)20-15-19(16-27(20)2)34(32,33)28-13-5-4-6-14-28/h7-10,15-16H,3-6,11-14H2,1-2H3,(H,25,30)(H,26,29,31). The third kappa shape index (κ3) is 4.39. The maximum Gasteiger partial charge on any atom is 0.272 e. The quantitative estimate of drug-likeness (QED) is 0.609. The molecule has 2 saturated heterocycles. The van der Waals surface area contributed by atoms with Gasteiger partial charge in [0, 0.05) is 38.4 Å². The van der Waals surface area contributed by atoms with E-state index in [1.807, 2.05) is 6.92 Å². The summed E-state index contributed by atoms with van der Waals surface area (Å²) in [6, 6.07) is 8.39. The Morgan fingerprint density at radius 2 is 1.79 bits per heavy atom. The number of sulfonamides is 1. The largest absolute Gasteiger partial charge is 0.345 e. The lowest BCUT2D eigenvalue weighted by Gasteiger charge is -2.35. The maximum absolute atomic E-state index is 13.0. The van der Waals surface area contributed by atoms with Crippen molar-refractivity contribution in [1.82, 2.24) is 14.2 Å². The van der Waals surface area contributed by atoms with Gasteiger partial charge in [0.2, 0.25) is 21.8 Å². The molecule has 182 valence electrons. The first-order chi connectivity index (χ1) is 16.2. The van der Waals surface area contributed by atoms with Gasteiger partial charge in [0.1, 0.15) is 10.6 Å². The SMILES string of the molecule is CCC1(c2ccc(NC(=O)c3cc(S(=O)(=O)N4CCCCC4)cn3C)cc2)CCC(=O)NC1=O. The summed E-state index contributed by atoms with van der Waals surface area (Å²) < 4.78 is 28.9. The zero-order valence-electron chi connectivity index (χ0n) is 19.5. The van der Waals surface area contributed by atoms with Crippen LogP contribution in [0, 0.1) is 0 Å². The lowest BCUT2D eigenvalue weighted by Crippen LogP contribution is -2.51. The maximum atomic E-state index is 13.0. The Bertz CT molecular complexity index is 1210. The van der Waals surface area contributed by atoms with E-state index < -0.39 is 21.3 Å². The fourth-order valence-electron chi connectivity index (χ4n) is 4.79. The van der Waals surface area contributed by atoms with Crippen molar-refractivity contribution in [3.05, 3.63) is 47.8 Å². The minimum absolute atomic E-state index is 0.111. The zero-order valence-corrected chi connectivity index (χ0v) is 20.3. The van der Waals surface area contributed by atoms with Gasteiger partial charge in [0.15, 0.2) is 0 Å². The lowest BCUT2D eigenvalue weighted by molar-refractivity contribution is -0.138. The molecule has 3 heterocycles. The monoisotopic (exact) mass is 486 g/mol. The second-order valence-corrected chi connectivity index (χ2v) is 10.9. The number of piperidine rings is 2. The number of aryl methyl sites for hydroxylation is 1. The summed E-state index contributed by atoms with van der Waals surface area (Å²) in [6.45, 7) is 2.91. The first-order valence-electron chi connectivity index (χ1n) is 11.6. The molecular weight excluding hydrogens is 456 g/mol. The van der Waals surface area contributed by atoms with Gasteiger partial charge in [-0.3, -0.25) is 19.7 Å². The second kappa shape index (κ2) is 9.34. The molecule has 0 bridgehead atoms. The smallest absolute Gasteiger partial charge is 0.272 e. The molecule has 2 N–H and O–H groups in total. The Hall–Kier alpha value is -2.98. The predicted octanol–water partition coefficient (Wildman–Crippen LogP) is 2.54. The van der Waals surface area contributed by atoms with Crippen molar-refractivity contribution < 1.29 is 22.8 Å². The van der Waals surface area contributed by atoms with Gasteiger partial charge in [-0.2, -0.15) is 4.31 Å². The number of carbonyl (C=O) groups is 3. The highest BCUT2D eigenvalue weighted by atomic mass is 32.2. The van der Waals surface area contributed by atoms with Crippen LogP contribution in [0.3, 0.4) is 0 Å². The van der Waals surface area contributed by atoms with E-state index in [1.165, 1.54) is 21.1 Å². The molecule has 1 aromatic heterocycles. The van der Waals surface area contributed by atoms with Gasteiger partial charge in [-0.25, -0.2) is 8.42 Å². The molecule has 0 saturated carbocycles. The Kier molecular flexibility index (Phi) is 6.64. The fourth-order valence-corrected chi connectivity index (χ4v) is 6.38. The van der Waals surface area contributed by atoms with E-state index in [0.29, 0.717) is 31.6 Å². The summed E-state index contributed by atoms with van der Waals surface area (Å²) in [6.07, 6.45) is 5.45. The Balaban J connectivity index is 1.50. The highest BCUT2D eigenvalue weighted by Gasteiger charge is 2.42. The minimum atomic E-state index is -3.64. The van der Waals surface area contributed by atoms with Crippen molar-refractivity contribution in [2.75, 3.05) is 18.4 Å². The van der Waals surface area contributed by atoms with Crippen molar-refractivity contribution in [1.29, 1.82) is 0 Å². The van der Waals surface area contributed by atoms with Gasteiger partial charge in [-0.1, -0.05) is 25.5 Å². The zero-order chi connectivity index (χ0) is 24.5. The molecule has 2 aromatic rings. The molecule has 1 aromatic carbocycles. The van der Waals surface area contributed by atoms with E-state index in [0.717, 1.165) is 24.8 Å². The molecule has 0 radical (unpaired) electrons. The van der Waals surface area contributed by atoms with E-state index in [9.17, 15) is 22.8 Å². The van der Waals surface area contributed by atoms with Crippen LogP contribution in [0.25, 0.3) is 0 Å². The number of nitrogens with one attached hydrogen (secondary N) is 2. The molecule has 2 aliphatic heterocycles. The average molecular weight is 487 g/mol. The van der Waals surface area contributed by atoms with Crippen LogP contribution in [-0.4, -0.2) is 48.1 Å². The highest BCUT2D eigenvalue weighted by Crippen LogP contribution is 2.36. The molecule has 0 aliphatic carbocycles. The molecule has 34 heavy (non-hydrogen) atoms. The molecule has 3 amide bonds. The third-order valence-electron chi connectivity index (χ3n) is 6.93. The van der Waals surface area contributed by atoms with Gasteiger partial charge in [0.05, 0.1) is 5.41 Å². The van der Waals surface area contributed by atoms with Crippen molar-refractivity contribution >= 4 is 33.4 Å². The van der Waals surface area contributed by atoms with Crippen LogP contribution in [-0.2, 0) is 32.1 Å².